The number of hydrogen-bond acceptors (Lipinski definition) is 1. The maximum atomic E-state index is 9.56. The standard InChI is InChI=1S/C12H10O.C4H9.Ti/c13-12-9-5-4-8-11(12)10-6-2-1-3-7-10;1-4(2)3;/h1-9,13H;1-3H3;/q;-1;. The molecule has 2 aromatic carbocycles. The molecule has 0 bridgehead atoms. The van der Waals surface area contributed by atoms with E-state index in [-0.39, 0.29) is 21.7 Å². The van der Waals surface area contributed by atoms with Gasteiger partial charge in [0.25, 0.3) is 0 Å². The van der Waals surface area contributed by atoms with Gasteiger partial charge in [-0.15, -0.1) is 0 Å². The predicted octanol–water partition coefficient (Wildman–Crippen LogP) is 4.68. The largest absolute Gasteiger partial charge is 0.507 e. The summed E-state index contributed by atoms with van der Waals surface area (Å²) in [6.07, 6.45) is 0. The summed E-state index contributed by atoms with van der Waals surface area (Å²) >= 11 is 0. The molecule has 0 atom stereocenters. The smallest absolute Gasteiger partial charge is 0.123 e. The van der Waals surface area contributed by atoms with E-state index in [1.807, 2.05) is 48.5 Å². The van der Waals surface area contributed by atoms with E-state index in [0.29, 0.717) is 5.75 Å². The second-order valence-corrected chi connectivity index (χ2v) is 4.38. The number of benzene rings is 2. The maximum absolute atomic E-state index is 9.56. The minimum absolute atomic E-state index is 0. The summed E-state index contributed by atoms with van der Waals surface area (Å²) in [5.41, 5.74) is 1.92. The zero-order chi connectivity index (χ0) is 12.7. The van der Waals surface area contributed by atoms with Crippen LogP contribution in [0.4, 0.5) is 0 Å². The Kier molecular flexibility index (Phi) is 8.44. The molecule has 0 saturated carbocycles. The first-order chi connectivity index (χ1) is 8.11. The van der Waals surface area contributed by atoms with Gasteiger partial charge in [-0.1, -0.05) is 48.5 Å². The van der Waals surface area contributed by atoms with Crippen LogP contribution in [0, 0.1) is 5.92 Å². The van der Waals surface area contributed by atoms with Crippen molar-refractivity contribution in [1.29, 1.82) is 0 Å². The van der Waals surface area contributed by atoms with Crippen LogP contribution in [0.15, 0.2) is 54.6 Å². The van der Waals surface area contributed by atoms with Gasteiger partial charge in [0.2, 0.25) is 0 Å². The molecule has 18 heavy (non-hydrogen) atoms. The molecule has 0 unspecified atom stereocenters. The number of rotatable bonds is 1. The molecule has 0 aliphatic carbocycles. The summed E-state index contributed by atoms with van der Waals surface area (Å²) in [6, 6.07) is 17.2. The molecular weight excluding hydrogens is 256 g/mol. The average molecular weight is 275 g/mol. The van der Waals surface area contributed by atoms with Crippen molar-refractivity contribution in [2.24, 2.45) is 0 Å². The Hall–Kier alpha value is -1.05. The van der Waals surface area contributed by atoms with Crippen molar-refractivity contribution >= 4 is 0 Å². The van der Waals surface area contributed by atoms with Crippen LogP contribution in [0.1, 0.15) is 20.8 Å². The zero-order valence-corrected chi connectivity index (χ0v) is 12.7. The van der Waals surface area contributed by atoms with Gasteiger partial charge in [-0.3, -0.25) is 0 Å². The van der Waals surface area contributed by atoms with Gasteiger partial charge < -0.3 is 11.0 Å². The minimum Gasteiger partial charge on any atom is -0.507 e. The van der Waals surface area contributed by atoms with E-state index in [1.165, 1.54) is 5.92 Å². The number of phenolic OH excluding ortho intramolecular Hbond substituents is 1. The molecule has 0 aromatic heterocycles. The van der Waals surface area contributed by atoms with E-state index in [9.17, 15) is 5.11 Å². The third-order valence-electron chi connectivity index (χ3n) is 1.99. The van der Waals surface area contributed by atoms with E-state index in [0.717, 1.165) is 11.1 Å². The van der Waals surface area contributed by atoms with Crippen LogP contribution in [0.5, 0.6) is 5.75 Å². The Bertz CT molecular complexity index is 435. The van der Waals surface area contributed by atoms with Gasteiger partial charge >= 0.3 is 0 Å². The normalized spacial score (nSPS) is 9.11. The van der Waals surface area contributed by atoms with Crippen LogP contribution in [0.25, 0.3) is 11.1 Å². The summed E-state index contributed by atoms with van der Waals surface area (Å²) in [6.45, 7) is 6.25. The summed E-state index contributed by atoms with van der Waals surface area (Å²) in [5.74, 6) is 1.74. The number of aromatic hydroxyl groups is 1. The van der Waals surface area contributed by atoms with Gasteiger partial charge in [0, 0.05) is 27.3 Å². The third-order valence-corrected chi connectivity index (χ3v) is 1.99. The van der Waals surface area contributed by atoms with Gasteiger partial charge in [0.1, 0.15) is 5.75 Å². The first-order valence-electron chi connectivity index (χ1n) is 5.71. The maximum Gasteiger partial charge on any atom is 0.123 e. The van der Waals surface area contributed by atoms with Crippen LogP contribution < -0.4 is 0 Å². The van der Waals surface area contributed by atoms with Crippen molar-refractivity contribution < 1.29 is 26.8 Å². The molecule has 0 aliphatic rings. The molecule has 1 N–H and O–H groups in total. The van der Waals surface area contributed by atoms with Crippen LogP contribution in [0.2, 0.25) is 0 Å². The Morgan fingerprint density at radius 3 is 1.72 bits per heavy atom. The summed E-state index contributed by atoms with van der Waals surface area (Å²) < 4.78 is 0. The monoisotopic (exact) mass is 275 g/mol. The molecule has 0 aliphatic heterocycles. The Morgan fingerprint density at radius 2 is 1.22 bits per heavy atom. The van der Waals surface area contributed by atoms with Crippen molar-refractivity contribution in [2.45, 2.75) is 20.8 Å². The summed E-state index contributed by atoms with van der Waals surface area (Å²) in [5, 5.41) is 9.56. The third kappa shape index (κ3) is 6.04. The van der Waals surface area contributed by atoms with Gasteiger partial charge in [0.05, 0.1) is 0 Å². The van der Waals surface area contributed by atoms with Crippen LogP contribution in [0.3, 0.4) is 0 Å². The van der Waals surface area contributed by atoms with Crippen molar-refractivity contribution in [2.75, 3.05) is 0 Å². The van der Waals surface area contributed by atoms with E-state index >= 15 is 0 Å². The number of phenols is 1. The van der Waals surface area contributed by atoms with E-state index in [1.54, 1.807) is 6.07 Å². The van der Waals surface area contributed by atoms with E-state index in [2.05, 4.69) is 20.8 Å². The molecule has 1 nitrogen and oxygen atoms in total. The Labute approximate surface area is 125 Å². The molecule has 0 spiro atoms. The van der Waals surface area contributed by atoms with Crippen molar-refractivity contribution in [3.63, 3.8) is 0 Å². The van der Waals surface area contributed by atoms with Crippen molar-refractivity contribution in [1.82, 2.24) is 0 Å². The van der Waals surface area contributed by atoms with Crippen molar-refractivity contribution in [3.05, 3.63) is 60.5 Å². The predicted molar refractivity (Wildman–Crippen MR) is 73.8 cm³/mol. The summed E-state index contributed by atoms with van der Waals surface area (Å²) in [4.78, 5) is 0. The van der Waals surface area contributed by atoms with Gasteiger partial charge in [0.15, 0.2) is 0 Å². The zero-order valence-electron chi connectivity index (χ0n) is 11.1. The minimum atomic E-state index is 0. The molecule has 0 radical (unpaired) electrons. The van der Waals surface area contributed by atoms with Gasteiger partial charge in [-0.2, -0.15) is 20.8 Å². The SMILES string of the molecule is C[C-](C)C.Oc1ccccc1-c1ccccc1.[Ti]. The average Bonchev–Trinajstić information content (AvgIpc) is 2.30. The summed E-state index contributed by atoms with van der Waals surface area (Å²) in [7, 11) is 0. The molecule has 0 saturated heterocycles. The molecule has 2 rings (SSSR count). The van der Waals surface area contributed by atoms with Crippen LogP contribution >= 0.6 is 0 Å². The molecule has 0 fully saturated rings. The molecular formula is C16H19OTi-. The molecule has 94 valence electrons. The van der Waals surface area contributed by atoms with E-state index in [4.69, 9.17) is 0 Å². The topological polar surface area (TPSA) is 20.2 Å². The molecule has 0 heterocycles. The van der Waals surface area contributed by atoms with Crippen molar-refractivity contribution in [3.8, 4) is 16.9 Å². The fraction of sp³-hybridized carbons (Fsp3) is 0.188. The number of para-hydroxylation sites is 1. The van der Waals surface area contributed by atoms with Crippen LogP contribution in [-0.2, 0) is 21.7 Å². The Balaban J connectivity index is 0.000000512. The molecule has 0 amide bonds. The second-order valence-electron chi connectivity index (χ2n) is 4.38. The second kappa shape index (κ2) is 8.96. The van der Waals surface area contributed by atoms with E-state index < -0.39 is 0 Å². The van der Waals surface area contributed by atoms with Gasteiger partial charge in [-0.25, -0.2) is 0 Å². The molecule has 2 heteroatoms. The fourth-order valence-corrected chi connectivity index (χ4v) is 1.34. The fourth-order valence-electron chi connectivity index (χ4n) is 1.34. The molecule has 2 aromatic rings. The first-order valence-corrected chi connectivity index (χ1v) is 5.71. The quantitative estimate of drug-likeness (QED) is 0.592. The Morgan fingerprint density at radius 1 is 0.778 bits per heavy atom. The van der Waals surface area contributed by atoms with Gasteiger partial charge in [-0.05, 0) is 11.6 Å². The van der Waals surface area contributed by atoms with Crippen LogP contribution in [-0.4, -0.2) is 5.11 Å². The first kappa shape index (κ1) is 17.0. The number of hydrogen-bond donors (Lipinski definition) is 1.